The highest BCUT2D eigenvalue weighted by molar-refractivity contribution is 7.99. The van der Waals surface area contributed by atoms with Gasteiger partial charge in [0.15, 0.2) is 0 Å². The van der Waals surface area contributed by atoms with Crippen molar-refractivity contribution >= 4 is 33.3 Å². The van der Waals surface area contributed by atoms with Gasteiger partial charge in [-0.05, 0) is 37.1 Å². The smallest absolute Gasteiger partial charge is 0.300 e. The van der Waals surface area contributed by atoms with Crippen LogP contribution >= 0.6 is 23.1 Å². The summed E-state index contributed by atoms with van der Waals surface area (Å²) < 4.78 is 13.8. The fraction of sp³-hybridized carbons (Fsp3) is 0.308. The monoisotopic (exact) mass is 478 g/mol. The Kier molecular flexibility index (Phi) is 6.27. The molecule has 0 bridgehead atoms. The predicted octanol–water partition coefficient (Wildman–Crippen LogP) is 5.53. The number of ether oxygens (including phenoxy) is 2. The molecule has 33 heavy (non-hydrogen) atoms. The van der Waals surface area contributed by atoms with E-state index < -0.39 is 0 Å². The van der Waals surface area contributed by atoms with Gasteiger partial charge in [0, 0.05) is 21.9 Å². The molecule has 5 nitrogen and oxygen atoms in total. The summed E-state index contributed by atoms with van der Waals surface area (Å²) in [6, 6.07) is 20.6. The van der Waals surface area contributed by atoms with Crippen LogP contribution in [0.2, 0.25) is 0 Å². The second kappa shape index (κ2) is 9.33. The maximum absolute atomic E-state index is 13.8. The van der Waals surface area contributed by atoms with E-state index in [9.17, 15) is 4.79 Å². The molecule has 4 aromatic rings. The third-order valence-corrected chi connectivity index (χ3v) is 7.74. The average molecular weight is 479 g/mol. The highest BCUT2D eigenvalue weighted by Crippen LogP contribution is 2.37. The van der Waals surface area contributed by atoms with Crippen molar-refractivity contribution in [1.29, 1.82) is 0 Å². The van der Waals surface area contributed by atoms with Crippen LogP contribution in [0.5, 0.6) is 6.01 Å². The van der Waals surface area contributed by atoms with Crippen LogP contribution in [-0.2, 0) is 24.3 Å². The van der Waals surface area contributed by atoms with Gasteiger partial charge in [-0.1, -0.05) is 48.5 Å². The van der Waals surface area contributed by atoms with Crippen molar-refractivity contribution < 1.29 is 9.47 Å². The first-order valence-corrected chi connectivity index (χ1v) is 12.8. The summed E-state index contributed by atoms with van der Waals surface area (Å²) in [5.41, 5.74) is 1.79. The van der Waals surface area contributed by atoms with Gasteiger partial charge in [0.25, 0.3) is 5.56 Å². The average Bonchev–Trinajstić information content (AvgIpc) is 3.17. The minimum atomic E-state index is -0.290. The molecule has 2 aromatic carbocycles. The van der Waals surface area contributed by atoms with Crippen molar-refractivity contribution in [3.8, 4) is 6.01 Å². The zero-order valence-electron chi connectivity index (χ0n) is 18.7. The molecule has 170 valence electrons. The van der Waals surface area contributed by atoms with Crippen molar-refractivity contribution in [2.45, 2.75) is 43.9 Å². The van der Waals surface area contributed by atoms with Gasteiger partial charge < -0.3 is 9.47 Å². The van der Waals surface area contributed by atoms with Crippen molar-refractivity contribution in [3.63, 3.8) is 0 Å². The van der Waals surface area contributed by atoms with E-state index in [1.165, 1.54) is 4.90 Å². The number of benzene rings is 2. The lowest BCUT2D eigenvalue weighted by molar-refractivity contribution is -0.0379. The molecular formula is C26H26N2O3S2. The van der Waals surface area contributed by atoms with E-state index in [1.54, 1.807) is 27.7 Å². The molecular weight excluding hydrogens is 452 g/mol. The summed E-state index contributed by atoms with van der Waals surface area (Å²) in [6.07, 6.45) is 0.707. The highest BCUT2D eigenvalue weighted by atomic mass is 32.2. The van der Waals surface area contributed by atoms with Gasteiger partial charge >= 0.3 is 6.01 Å². The number of hydrogen-bond acceptors (Lipinski definition) is 6. The first-order valence-electron chi connectivity index (χ1n) is 11.0. The largest absolute Gasteiger partial charge is 0.464 e. The summed E-state index contributed by atoms with van der Waals surface area (Å²) in [5, 5.41) is 0.716. The standard InChI is InChI=1S/C26H26N2O3S2/c1-26(2)15-20-21(17-31-26)33-23-22(20)24(29)28(16-18-9-5-3-6-10-18)25(27-23)30-13-14-32-19-11-7-4-8-12-19/h3-12H,13-17H2,1-2H3. The molecule has 0 saturated carbocycles. The zero-order valence-corrected chi connectivity index (χ0v) is 20.4. The van der Waals surface area contributed by atoms with Crippen LogP contribution in [0.25, 0.3) is 10.2 Å². The third kappa shape index (κ3) is 4.86. The van der Waals surface area contributed by atoms with E-state index in [1.807, 2.05) is 48.5 Å². The lowest BCUT2D eigenvalue weighted by atomic mass is 9.94. The predicted molar refractivity (Wildman–Crippen MR) is 135 cm³/mol. The summed E-state index contributed by atoms with van der Waals surface area (Å²) in [5.74, 6) is 0.770. The van der Waals surface area contributed by atoms with Crippen LogP contribution in [-0.4, -0.2) is 27.5 Å². The molecule has 1 aliphatic rings. The molecule has 0 fully saturated rings. The number of nitrogens with zero attached hydrogens (tertiary/aromatic N) is 2. The maximum Gasteiger partial charge on any atom is 0.300 e. The second-order valence-electron chi connectivity index (χ2n) is 8.69. The summed E-state index contributed by atoms with van der Waals surface area (Å²) >= 11 is 3.27. The fourth-order valence-electron chi connectivity index (χ4n) is 4.03. The molecule has 0 atom stereocenters. The molecule has 2 aromatic heterocycles. The Labute approximate surface area is 201 Å². The second-order valence-corrected chi connectivity index (χ2v) is 10.9. The van der Waals surface area contributed by atoms with Gasteiger partial charge in [0.1, 0.15) is 11.4 Å². The molecule has 0 saturated heterocycles. The van der Waals surface area contributed by atoms with Crippen LogP contribution in [0.1, 0.15) is 29.9 Å². The molecule has 0 spiro atoms. The Morgan fingerprint density at radius 3 is 2.61 bits per heavy atom. The quantitative estimate of drug-likeness (QED) is 0.258. The van der Waals surface area contributed by atoms with Crippen LogP contribution in [0, 0.1) is 0 Å². The minimum Gasteiger partial charge on any atom is -0.464 e. The van der Waals surface area contributed by atoms with Crippen LogP contribution in [0.15, 0.2) is 70.4 Å². The Hall–Kier alpha value is -2.61. The maximum atomic E-state index is 13.8. The van der Waals surface area contributed by atoms with Crippen LogP contribution in [0.4, 0.5) is 0 Å². The number of thiophene rings is 1. The molecule has 0 N–H and O–H groups in total. The van der Waals surface area contributed by atoms with Gasteiger partial charge in [-0.15, -0.1) is 23.1 Å². The zero-order chi connectivity index (χ0) is 22.8. The van der Waals surface area contributed by atoms with Gasteiger partial charge in [0.05, 0.1) is 24.1 Å². The first kappa shape index (κ1) is 22.2. The van der Waals surface area contributed by atoms with Gasteiger partial charge in [-0.2, -0.15) is 4.98 Å². The summed E-state index contributed by atoms with van der Waals surface area (Å²) in [7, 11) is 0. The van der Waals surface area contributed by atoms with E-state index in [2.05, 4.69) is 26.0 Å². The van der Waals surface area contributed by atoms with Crippen molar-refractivity contribution in [2.24, 2.45) is 0 Å². The Morgan fingerprint density at radius 1 is 1.12 bits per heavy atom. The number of hydrogen-bond donors (Lipinski definition) is 0. The Balaban J connectivity index is 1.48. The normalized spacial score (nSPS) is 14.8. The van der Waals surface area contributed by atoms with Gasteiger partial charge in [0.2, 0.25) is 0 Å². The van der Waals surface area contributed by atoms with Crippen molar-refractivity contribution in [1.82, 2.24) is 9.55 Å². The fourth-order valence-corrected chi connectivity index (χ4v) is 5.87. The van der Waals surface area contributed by atoms with Gasteiger partial charge in [-0.25, -0.2) is 0 Å². The summed E-state index contributed by atoms with van der Waals surface area (Å²) in [6.45, 7) is 5.54. The van der Waals surface area contributed by atoms with Crippen LogP contribution in [0.3, 0.4) is 0 Å². The Morgan fingerprint density at radius 2 is 1.85 bits per heavy atom. The molecule has 1 aliphatic heterocycles. The van der Waals surface area contributed by atoms with Crippen LogP contribution < -0.4 is 10.3 Å². The van der Waals surface area contributed by atoms with Gasteiger partial charge in [-0.3, -0.25) is 9.36 Å². The van der Waals surface area contributed by atoms with Crippen molar-refractivity contribution in [2.75, 3.05) is 12.4 Å². The highest BCUT2D eigenvalue weighted by Gasteiger charge is 2.31. The molecule has 0 radical (unpaired) electrons. The van der Waals surface area contributed by atoms with E-state index in [0.717, 1.165) is 26.6 Å². The lowest BCUT2D eigenvalue weighted by Gasteiger charge is -2.29. The molecule has 0 unspecified atom stereocenters. The topological polar surface area (TPSA) is 53.4 Å². The summed E-state index contributed by atoms with van der Waals surface area (Å²) in [4.78, 5) is 21.6. The third-order valence-electron chi connectivity index (χ3n) is 5.67. The lowest BCUT2D eigenvalue weighted by Crippen LogP contribution is -2.32. The number of rotatable bonds is 7. The number of fused-ring (bicyclic) bond motifs is 3. The molecule has 0 aliphatic carbocycles. The molecule has 0 amide bonds. The van der Waals surface area contributed by atoms with E-state index in [0.29, 0.717) is 37.6 Å². The van der Waals surface area contributed by atoms with E-state index in [4.69, 9.17) is 14.5 Å². The van der Waals surface area contributed by atoms with E-state index in [-0.39, 0.29) is 11.2 Å². The molecule has 5 rings (SSSR count). The SMILES string of the molecule is CC1(C)Cc2c(sc3nc(OCCSc4ccccc4)n(Cc4ccccc4)c(=O)c23)CO1. The Bertz CT molecular complexity index is 1310. The number of aromatic nitrogens is 2. The van der Waals surface area contributed by atoms with E-state index >= 15 is 0 Å². The first-order chi connectivity index (χ1) is 16.0. The molecule has 3 heterocycles. The van der Waals surface area contributed by atoms with Crippen molar-refractivity contribution in [3.05, 3.63) is 87.0 Å². The number of thioether (sulfide) groups is 1. The minimum absolute atomic E-state index is 0.0373. The molecule has 7 heteroatoms.